The Morgan fingerprint density at radius 1 is 1.16 bits per heavy atom. The molecule has 5 nitrogen and oxygen atoms in total. The van der Waals surface area contributed by atoms with E-state index in [0.29, 0.717) is 19.7 Å². The highest BCUT2D eigenvalue weighted by Gasteiger charge is 2.31. The van der Waals surface area contributed by atoms with Gasteiger partial charge < -0.3 is 15.0 Å². The van der Waals surface area contributed by atoms with Crippen LogP contribution in [0.2, 0.25) is 0 Å². The van der Waals surface area contributed by atoms with Crippen molar-refractivity contribution in [2.24, 2.45) is 0 Å². The number of aryl methyl sites for hydroxylation is 1. The van der Waals surface area contributed by atoms with Gasteiger partial charge in [0, 0.05) is 18.8 Å². The molecule has 0 bridgehead atoms. The molecule has 1 heterocycles. The fourth-order valence-electron chi connectivity index (χ4n) is 2.81. The van der Waals surface area contributed by atoms with Crippen LogP contribution in [-0.2, 0) is 20.9 Å². The quantitative estimate of drug-likeness (QED) is 0.912. The Morgan fingerprint density at radius 2 is 1.88 bits per heavy atom. The number of nitrogens with one attached hydrogen (secondary N) is 1. The second-order valence-electron chi connectivity index (χ2n) is 6.22. The van der Waals surface area contributed by atoms with Gasteiger partial charge in [-0.3, -0.25) is 9.59 Å². The van der Waals surface area contributed by atoms with E-state index in [1.807, 2.05) is 61.5 Å². The van der Waals surface area contributed by atoms with Crippen molar-refractivity contribution in [3.8, 4) is 0 Å². The molecule has 5 heteroatoms. The smallest absolute Gasteiger partial charge is 0.252 e. The van der Waals surface area contributed by atoms with Crippen LogP contribution in [0.4, 0.5) is 5.69 Å². The van der Waals surface area contributed by atoms with E-state index in [4.69, 9.17) is 4.74 Å². The van der Waals surface area contributed by atoms with Crippen molar-refractivity contribution in [3.05, 3.63) is 65.7 Å². The molecular formula is C20H22N2O3. The van der Waals surface area contributed by atoms with Crippen molar-refractivity contribution in [2.75, 3.05) is 18.5 Å². The molecule has 0 spiro atoms. The van der Waals surface area contributed by atoms with Gasteiger partial charge in [0.15, 0.2) is 0 Å². The van der Waals surface area contributed by atoms with Crippen LogP contribution in [0.1, 0.15) is 17.5 Å². The van der Waals surface area contributed by atoms with Crippen LogP contribution in [0.15, 0.2) is 54.6 Å². The molecule has 3 rings (SSSR count). The lowest BCUT2D eigenvalue weighted by molar-refractivity contribution is -0.155. The molecule has 0 radical (unpaired) electrons. The van der Waals surface area contributed by atoms with E-state index >= 15 is 0 Å². The molecule has 2 aromatic rings. The van der Waals surface area contributed by atoms with Gasteiger partial charge in [0.05, 0.1) is 13.0 Å². The lowest BCUT2D eigenvalue weighted by atomic mass is 10.1. The first kappa shape index (κ1) is 17.2. The second kappa shape index (κ2) is 7.94. The Kier molecular flexibility index (Phi) is 5.46. The Hall–Kier alpha value is -2.66. The van der Waals surface area contributed by atoms with Gasteiger partial charge in [-0.2, -0.15) is 0 Å². The highest BCUT2D eigenvalue weighted by Crippen LogP contribution is 2.16. The van der Waals surface area contributed by atoms with Crippen molar-refractivity contribution in [1.82, 2.24) is 4.90 Å². The molecule has 1 saturated heterocycles. The zero-order valence-corrected chi connectivity index (χ0v) is 14.3. The number of morpholine rings is 1. The van der Waals surface area contributed by atoms with Crippen LogP contribution < -0.4 is 5.32 Å². The summed E-state index contributed by atoms with van der Waals surface area (Å²) in [4.78, 5) is 26.6. The fourth-order valence-corrected chi connectivity index (χ4v) is 2.81. The van der Waals surface area contributed by atoms with Crippen molar-refractivity contribution < 1.29 is 14.3 Å². The third kappa shape index (κ3) is 4.67. The van der Waals surface area contributed by atoms with E-state index in [0.717, 1.165) is 16.8 Å². The van der Waals surface area contributed by atoms with Gasteiger partial charge in [-0.1, -0.05) is 48.0 Å². The number of hydrogen-bond acceptors (Lipinski definition) is 3. The van der Waals surface area contributed by atoms with Gasteiger partial charge in [0.2, 0.25) is 5.91 Å². The van der Waals surface area contributed by atoms with Crippen molar-refractivity contribution >= 4 is 17.5 Å². The zero-order valence-electron chi connectivity index (χ0n) is 14.3. The molecule has 2 aromatic carbocycles. The third-order valence-corrected chi connectivity index (χ3v) is 4.19. The SMILES string of the molecule is Cc1ccc(NC(=O)CC2OCCN(Cc3ccccc3)C2=O)cc1. The Labute approximate surface area is 147 Å². The highest BCUT2D eigenvalue weighted by molar-refractivity contribution is 5.95. The van der Waals surface area contributed by atoms with Crippen LogP contribution in [0.25, 0.3) is 0 Å². The van der Waals surface area contributed by atoms with Gasteiger partial charge >= 0.3 is 0 Å². The first-order valence-electron chi connectivity index (χ1n) is 8.42. The van der Waals surface area contributed by atoms with Gasteiger partial charge in [0.1, 0.15) is 6.10 Å². The summed E-state index contributed by atoms with van der Waals surface area (Å²) in [7, 11) is 0. The summed E-state index contributed by atoms with van der Waals surface area (Å²) < 4.78 is 5.53. The lowest BCUT2D eigenvalue weighted by Crippen LogP contribution is -2.48. The van der Waals surface area contributed by atoms with E-state index in [9.17, 15) is 9.59 Å². The molecule has 1 N–H and O–H groups in total. The molecule has 1 aliphatic rings. The minimum absolute atomic E-state index is 0.0258. The summed E-state index contributed by atoms with van der Waals surface area (Å²) in [6.07, 6.45) is -0.694. The predicted molar refractivity (Wildman–Crippen MR) is 96.0 cm³/mol. The van der Waals surface area contributed by atoms with Gasteiger partial charge in [-0.05, 0) is 24.6 Å². The van der Waals surface area contributed by atoms with Crippen LogP contribution in [0.3, 0.4) is 0 Å². The van der Waals surface area contributed by atoms with E-state index in [1.165, 1.54) is 0 Å². The maximum Gasteiger partial charge on any atom is 0.252 e. The molecule has 1 atom stereocenters. The Balaban J connectivity index is 1.57. The Morgan fingerprint density at radius 3 is 2.60 bits per heavy atom. The maximum atomic E-state index is 12.6. The van der Waals surface area contributed by atoms with Crippen LogP contribution in [-0.4, -0.2) is 36.0 Å². The number of carbonyl (C=O) groups is 2. The summed E-state index contributed by atoms with van der Waals surface area (Å²) in [5, 5.41) is 2.81. The number of nitrogens with zero attached hydrogens (tertiary/aromatic N) is 1. The summed E-state index contributed by atoms with van der Waals surface area (Å²) >= 11 is 0. The number of rotatable bonds is 5. The Bertz CT molecular complexity index is 728. The topological polar surface area (TPSA) is 58.6 Å². The van der Waals surface area contributed by atoms with Crippen molar-refractivity contribution in [3.63, 3.8) is 0 Å². The van der Waals surface area contributed by atoms with Crippen LogP contribution in [0, 0.1) is 6.92 Å². The van der Waals surface area contributed by atoms with E-state index in [1.54, 1.807) is 4.90 Å². The van der Waals surface area contributed by atoms with Crippen LogP contribution >= 0.6 is 0 Å². The number of amides is 2. The number of anilines is 1. The predicted octanol–water partition coefficient (Wildman–Crippen LogP) is 2.75. The lowest BCUT2D eigenvalue weighted by Gasteiger charge is -2.32. The number of carbonyl (C=O) groups excluding carboxylic acids is 2. The molecule has 0 saturated carbocycles. The molecule has 130 valence electrons. The fraction of sp³-hybridized carbons (Fsp3) is 0.300. The minimum Gasteiger partial charge on any atom is -0.366 e. The van der Waals surface area contributed by atoms with Gasteiger partial charge in [-0.25, -0.2) is 0 Å². The van der Waals surface area contributed by atoms with Gasteiger partial charge in [0.25, 0.3) is 5.91 Å². The molecule has 2 amide bonds. The first-order chi connectivity index (χ1) is 12.1. The van der Waals surface area contributed by atoms with E-state index in [-0.39, 0.29) is 18.2 Å². The average Bonchev–Trinajstić information content (AvgIpc) is 2.61. The minimum atomic E-state index is -0.720. The average molecular weight is 338 g/mol. The summed E-state index contributed by atoms with van der Waals surface area (Å²) in [5.74, 6) is -0.349. The molecule has 1 fully saturated rings. The number of hydrogen-bond donors (Lipinski definition) is 1. The third-order valence-electron chi connectivity index (χ3n) is 4.19. The summed E-state index contributed by atoms with van der Waals surface area (Å²) in [6.45, 7) is 3.52. The summed E-state index contributed by atoms with van der Waals surface area (Å²) in [6, 6.07) is 17.4. The molecule has 0 aromatic heterocycles. The molecule has 1 unspecified atom stereocenters. The molecule has 0 aliphatic carbocycles. The first-order valence-corrected chi connectivity index (χ1v) is 8.42. The summed E-state index contributed by atoms with van der Waals surface area (Å²) in [5.41, 5.74) is 2.92. The molecule has 1 aliphatic heterocycles. The largest absolute Gasteiger partial charge is 0.366 e. The van der Waals surface area contributed by atoms with Gasteiger partial charge in [-0.15, -0.1) is 0 Å². The van der Waals surface area contributed by atoms with Crippen molar-refractivity contribution in [1.29, 1.82) is 0 Å². The number of ether oxygens (including phenoxy) is 1. The molecular weight excluding hydrogens is 316 g/mol. The van der Waals surface area contributed by atoms with E-state index in [2.05, 4.69) is 5.32 Å². The zero-order chi connectivity index (χ0) is 17.6. The van der Waals surface area contributed by atoms with Crippen LogP contribution in [0.5, 0.6) is 0 Å². The van der Waals surface area contributed by atoms with E-state index < -0.39 is 6.10 Å². The number of benzene rings is 2. The van der Waals surface area contributed by atoms with Crippen molar-refractivity contribution in [2.45, 2.75) is 26.0 Å². The second-order valence-corrected chi connectivity index (χ2v) is 6.22. The normalized spacial score (nSPS) is 17.4. The highest BCUT2D eigenvalue weighted by atomic mass is 16.5. The standard InChI is InChI=1S/C20H22N2O3/c1-15-7-9-17(10-8-15)21-19(23)13-18-20(24)22(11-12-25-18)14-16-5-3-2-4-6-16/h2-10,18H,11-14H2,1H3,(H,21,23). The maximum absolute atomic E-state index is 12.6. The molecule has 25 heavy (non-hydrogen) atoms. The monoisotopic (exact) mass is 338 g/mol.